The second-order valence-corrected chi connectivity index (χ2v) is 20.7. The Morgan fingerprint density at radius 3 is 1.39 bits per heavy atom. The summed E-state index contributed by atoms with van der Waals surface area (Å²) in [7, 11) is 1.54. The fraction of sp³-hybridized carbons (Fsp3) is 0.737. The van der Waals surface area contributed by atoms with Crippen molar-refractivity contribution < 1.29 is 32.9 Å². The Labute approximate surface area is 407 Å². The first-order valence-electron chi connectivity index (χ1n) is 27.0. The number of unbranched alkanes of at least 4 members (excludes halogenated alkanes) is 23. The molecule has 9 heteroatoms. The molecule has 3 atom stereocenters. The smallest absolute Gasteiger partial charge is 0.387 e. The van der Waals surface area contributed by atoms with Crippen molar-refractivity contribution in [3.05, 3.63) is 85.1 Å². The van der Waals surface area contributed by atoms with E-state index in [0.29, 0.717) is 17.4 Å². The van der Waals surface area contributed by atoms with E-state index >= 15 is 0 Å². The predicted molar refractivity (Wildman–Crippen MR) is 286 cm³/mol. The van der Waals surface area contributed by atoms with Gasteiger partial charge in [0.25, 0.3) is 0 Å². The highest BCUT2D eigenvalue weighted by molar-refractivity contribution is 7.47. The average Bonchev–Trinajstić information content (AvgIpc) is 3.28. The molecular formula is C57H104N2O6P+. The summed E-state index contributed by atoms with van der Waals surface area (Å²) in [6.45, 7) is 4.68. The number of rotatable bonds is 48. The third-order valence-corrected chi connectivity index (χ3v) is 12.6. The van der Waals surface area contributed by atoms with Crippen LogP contribution in [0.1, 0.15) is 219 Å². The van der Waals surface area contributed by atoms with Gasteiger partial charge in [0.2, 0.25) is 5.91 Å². The minimum absolute atomic E-state index is 0.0521. The van der Waals surface area contributed by atoms with E-state index in [1.165, 1.54) is 128 Å². The van der Waals surface area contributed by atoms with Crippen LogP contribution in [0.2, 0.25) is 0 Å². The van der Waals surface area contributed by atoms with E-state index in [9.17, 15) is 19.4 Å². The normalized spacial score (nSPS) is 14.7. The molecule has 3 N–H and O–H groups in total. The maximum Gasteiger partial charge on any atom is 0.472 e. The van der Waals surface area contributed by atoms with E-state index in [4.69, 9.17) is 9.05 Å². The molecule has 0 fully saturated rings. The number of phosphoric acid groups is 1. The lowest BCUT2D eigenvalue weighted by molar-refractivity contribution is -0.870. The zero-order valence-electron chi connectivity index (χ0n) is 43.4. The van der Waals surface area contributed by atoms with Crippen LogP contribution in [0, 0.1) is 0 Å². The Morgan fingerprint density at radius 1 is 0.530 bits per heavy atom. The van der Waals surface area contributed by atoms with Crippen LogP contribution in [-0.4, -0.2) is 73.4 Å². The summed E-state index contributed by atoms with van der Waals surface area (Å²) in [5, 5.41) is 13.9. The predicted octanol–water partition coefficient (Wildman–Crippen LogP) is 16.1. The van der Waals surface area contributed by atoms with Gasteiger partial charge in [0.05, 0.1) is 39.9 Å². The molecule has 0 radical (unpaired) electrons. The zero-order chi connectivity index (χ0) is 48.5. The molecule has 0 spiro atoms. The quantitative estimate of drug-likeness (QED) is 0.0243. The average molecular weight is 944 g/mol. The molecule has 0 aliphatic carbocycles. The van der Waals surface area contributed by atoms with Gasteiger partial charge in [0, 0.05) is 6.42 Å². The highest BCUT2D eigenvalue weighted by atomic mass is 31.2. The van der Waals surface area contributed by atoms with Gasteiger partial charge in [-0.25, -0.2) is 4.57 Å². The van der Waals surface area contributed by atoms with E-state index in [2.05, 4.69) is 92.1 Å². The van der Waals surface area contributed by atoms with Gasteiger partial charge in [0.15, 0.2) is 0 Å². The number of nitrogens with zero attached hydrogens (tertiary/aromatic N) is 1. The zero-order valence-corrected chi connectivity index (χ0v) is 44.3. The molecule has 3 unspecified atom stereocenters. The number of aliphatic hydroxyl groups excluding tert-OH is 1. The molecule has 0 aromatic rings. The van der Waals surface area contributed by atoms with Crippen LogP contribution in [0.3, 0.4) is 0 Å². The molecule has 8 nitrogen and oxygen atoms in total. The fourth-order valence-electron chi connectivity index (χ4n) is 7.38. The molecule has 0 rings (SSSR count). The number of allylic oxidation sites excluding steroid dienone is 13. The summed E-state index contributed by atoms with van der Waals surface area (Å²) in [4.78, 5) is 23.3. The molecule has 0 saturated carbocycles. The molecule has 382 valence electrons. The minimum atomic E-state index is -4.36. The van der Waals surface area contributed by atoms with Crippen LogP contribution in [-0.2, 0) is 18.4 Å². The van der Waals surface area contributed by atoms with Crippen LogP contribution in [0.25, 0.3) is 0 Å². The minimum Gasteiger partial charge on any atom is -0.387 e. The summed E-state index contributed by atoms with van der Waals surface area (Å²) in [5.41, 5.74) is 0. The molecule has 0 bridgehead atoms. The van der Waals surface area contributed by atoms with E-state index in [1.807, 2.05) is 27.2 Å². The largest absolute Gasteiger partial charge is 0.472 e. The summed E-state index contributed by atoms with van der Waals surface area (Å²) in [5.74, 6) is -0.193. The van der Waals surface area contributed by atoms with Crippen molar-refractivity contribution in [2.24, 2.45) is 0 Å². The van der Waals surface area contributed by atoms with Crippen molar-refractivity contribution in [1.82, 2.24) is 5.32 Å². The molecular weight excluding hydrogens is 840 g/mol. The van der Waals surface area contributed by atoms with Crippen LogP contribution >= 0.6 is 7.82 Å². The van der Waals surface area contributed by atoms with Gasteiger partial charge in [-0.3, -0.25) is 13.8 Å². The highest BCUT2D eigenvalue weighted by Crippen LogP contribution is 2.43. The highest BCUT2D eigenvalue weighted by Gasteiger charge is 2.27. The van der Waals surface area contributed by atoms with Gasteiger partial charge >= 0.3 is 7.82 Å². The summed E-state index contributed by atoms with van der Waals surface area (Å²) >= 11 is 0. The third-order valence-electron chi connectivity index (χ3n) is 11.6. The number of amides is 1. The summed E-state index contributed by atoms with van der Waals surface area (Å²) < 4.78 is 23.6. The standard InChI is InChI=1S/C57H103N2O6P/c1-6-8-10-12-14-16-18-20-22-24-25-26-27-28-29-30-31-32-33-35-37-39-41-43-45-47-49-51-57(61)58-55(54-65-66(62,63)64-53-52-59(3,4)5)56(60)50-48-46-44-42-40-38-36-34-23-21-19-17-15-13-11-9-7-2/h8,10,14,16,20,22,25-26,28-29,40,42,48,50,55-56,60H,6-7,9,11-13,15,17-19,21,23-24,27,30-39,41,43-47,49,51-54H2,1-5H3,(H-,58,61,62,63)/p+1/b10-8-,16-14-,22-20-,26-25-,29-28-,42-40+,50-48+. The lowest BCUT2D eigenvalue weighted by Gasteiger charge is -2.25. The van der Waals surface area contributed by atoms with E-state index in [-0.39, 0.29) is 19.1 Å². The van der Waals surface area contributed by atoms with E-state index in [1.54, 1.807) is 6.08 Å². The SMILES string of the molecule is CC/C=C\C/C=C\C/C=C\C/C=C\C/C=C\CCCCCCCCCCCCCC(=O)NC(COP(=O)(O)OCC[N+](C)(C)C)C(O)/C=C/CC/C=C/CCCCCCCCCCCCC. The molecule has 66 heavy (non-hydrogen) atoms. The number of carbonyl (C=O) groups excluding carboxylic acids is 1. The molecule has 0 aromatic carbocycles. The number of nitrogens with one attached hydrogen (secondary N) is 1. The monoisotopic (exact) mass is 944 g/mol. The number of aliphatic hydroxyl groups is 1. The first-order valence-corrected chi connectivity index (χ1v) is 28.5. The van der Waals surface area contributed by atoms with Crippen LogP contribution in [0.5, 0.6) is 0 Å². The Morgan fingerprint density at radius 2 is 0.924 bits per heavy atom. The van der Waals surface area contributed by atoms with Crippen molar-refractivity contribution >= 4 is 13.7 Å². The summed E-state index contributed by atoms with van der Waals surface area (Å²) in [6.07, 6.45) is 66.7. The van der Waals surface area contributed by atoms with Crippen LogP contribution in [0.4, 0.5) is 0 Å². The number of hydrogen-bond acceptors (Lipinski definition) is 5. The van der Waals surface area contributed by atoms with Crippen LogP contribution < -0.4 is 5.32 Å². The van der Waals surface area contributed by atoms with Gasteiger partial charge in [-0.15, -0.1) is 0 Å². The van der Waals surface area contributed by atoms with E-state index < -0.39 is 20.0 Å². The molecule has 1 amide bonds. The van der Waals surface area contributed by atoms with Gasteiger partial charge < -0.3 is 19.8 Å². The second kappa shape index (κ2) is 47.7. The number of likely N-dealkylation sites (N-methyl/N-ethyl adjacent to an activating group) is 1. The van der Waals surface area contributed by atoms with Crippen LogP contribution in [0.15, 0.2) is 85.1 Å². The van der Waals surface area contributed by atoms with Gasteiger partial charge in [0.1, 0.15) is 13.2 Å². The lowest BCUT2D eigenvalue weighted by Crippen LogP contribution is -2.45. The number of carbonyl (C=O) groups is 1. The van der Waals surface area contributed by atoms with Gasteiger partial charge in [-0.05, 0) is 77.0 Å². The maximum atomic E-state index is 13.0. The number of phosphoric ester groups is 1. The first kappa shape index (κ1) is 63.7. The lowest BCUT2D eigenvalue weighted by atomic mass is 10.0. The van der Waals surface area contributed by atoms with Crippen molar-refractivity contribution in [2.75, 3.05) is 40.9 Å². The Balaban J connectivity index is 4.28. The van der Waals surface area contributed by atoms with Crippen molar-refractivity contribution in [2.45, 2.75) is 231 Å². The second-order valence-electron chi connectivity index (χ2n) is 19.2. The van der Waals surface area contributed by atoms with Crippen molar-refractivity contribution in [3.8, 4) is 0 Å². The molecule has 0 aromatic heterocycles. The fourth-order valence-corrected chi connectivity index (χ4v) is 8.11. The van der Waals surface area contributed by atoms with Gasteiger partial charge in [-0.1, -0.05) is 221 Å². The van der Waals surface area contributed by atoms with E-state index in [0.717, 1.165) is 70.6 Å². The Hall–Kier alpha value is -2.32. The first-order chi connectivity index (χ1) is 32.0. The third kappa shape index (κ3) is 49.6. The number of hydrogen-bond donors (Lipinski definition) is 3. The van der Waals surface area contributed by atoms with Crippen molar-refractivity contribution in [3.63, 3.8) is 0 Å². The summed E-state index contributed by atoms with van der Waals surface area (Å²) in [6, 6.07) is -0.870. The number of quaternary nitrogens is 1. The molecule has 0 heterocycles. The molecule has 0 aliphatic heterocycles. The Bertz CT molecular complexity index is 1350. The molecule has 0 saturated heterocycles. The topological polar surface area (TPSA) is 105 Å². The van der Waals surface area contributed by atoms with Gasteiger partial charge in [-0.2, -0.15) is 0 Å². The van der Waals surface area contributed by atoms with Crippen molar-refractivity contribution in [1.29, 1.82) is 0 Å². The molecule has 0 aliphatic rings. The Kier molecular flexibility index (Phi) is 46.1. The maximum absolute atomic E-state index is 13.0.